The fourth-order valence-corrected chi connectivity index (χ4v) is 2.90. The van der Waals surface area contributed by atoms with Crippen molar-refractivity contribution in [1.82, 2.24) is 9.78 Å². The topological polar surface area (TPSA) is 36.3 Å². The van der Waals surface area contributed by atoms with E-state index >= 15 is 0 Å². The molecule has 1 aromatic carbocycles. The van der Waals surface area contributed by atoms with Gasteiger partial charge in [0, 0.05) is 11.8 Å². The molecule has 3 rings (SSSR count). The normalized spacial score (nSPS) is 19.4. The van der Waals surface area contributed by atoms with Gasteiger partial charge in [-0.3, -0.25) is 4.68 Å². The van der Waals surface area contributed by atoms with Crippen molar-refractivity contribution in [3.63, 3.8) is 0 Å². The van der Waals surface area contributed by atoms with Crippen molar-refractivity contribution in [3.8, 4) is 0 Å². The van der Waals surface area contributed by atoms with Crippen LogP contribution in [0.5, 0.6) is 0 Å². The Balaban J connectivity index is 1.94. The quantitative estimate of drug-likeness (QED) is 0.525. The minimum Gasteiger partial charge on any atom is -0.398 e. The predicted octanol–water partition coefficient (Wildman–Crippen LogP) is 4.94. The summed E-state index contributed by atoms with van der Waals surface area (Å²) in [5, 5.41) is 3.85. The summed E-state index contributed by atoms with van der Waals surface area (Å²) in [5.74, 6) is -0.474. The lowest BCUT2D eigenvalue weighted by Crippen LogP contribution is -2.41. The number of halogens is 5. The molecule has 0 saturated carbocycles. The van der Waals surface area contributed by atoms with Crippen molar-refractivity contribution < 1.29 is 31.3 Å². The van der Waals surface area contributed by atoms with E-state index in [1.807, 2.05) is 0 Å². The number of rotatable bonds is 4. The number of allylic oxidation sites excluding steroid dienone is 1. The van der Waals surface area contributed by atoms with E-state index in [1.165, 1.54) is 22.9 Å². The summed E-state index contributed by atoms with van der Waals surface area (Å²) in [6.45, 7) is 6.49. The van der Waals surface area contributed by atoms with Crippen LogP contribution in [-0.4, -0.2) is 34.3 Å². The standard InChI is InChI=1S/C19H20BF5N2O2/c1-17(2)18(3,4)29-20(28-17)16(22)15(19(23,24)25)13-9-26-27(11-13)10-12-6-5-7-14(21)8-12/h5-9,11H,10H2,1-4H3. The molecule has 0 bridgehead atoms. The third kappa shape index (κ3) is 4.38. The molecule has 1 saturated heterocycles. The molecule has 0 unspecified atom stereocenters. The van der Waals surface area contributed by atoms with Crippen LogP contribution in [0.2, 0.25) is 0 Å². The van der Waals surface area contributed by atoms with Crippen molar-refractivity contribution in [3.05, 3.63) is 59.3 Å². The summed E-state index contributed by atoms with van der Waals surface area (Å²) in [4.78, 5) is 0. The van der Waals surface area contributed by atoms with Gasteiger partial charge in [0.2, 0.25) is 0 Å². The van der Waals surface area contributed by atoms with Gasteiger partial charge in [0.15, 0.2) is 0 Å². The van der Waals surface area contributed by atoms with Gasteiger partial charge < -0.3 is 9.31 Å². The molecule has 2 aromatic rings. The van der Waals surface area contributed by atoms with Gasteiger partial charge in [-0.2, -0.15) is 18.3 Å². The number of nitrogens with zero attached hydrogens (tertiary/aromatic N) is 2. The van der Waals surface area contributed by atoms with Gasteiger partial charge in [0.25, 0.3) is 0 Å². The Kier molecular flexibility index (Phi) is 5.38. The lowest BCUT2D eigenvalue weighted by molar-refractivity contribution is -0.0699. The van der Waals surface area contributed by atoms with E-state index in [-0.39, 0.29) is 6.54 Å². The van der Waals surface area contributed by atoms with Gasteiger partial charge in [-0.05, 0) is 45.4 Å². The van der Waals surface area contributed by atoms with Crippen LogP contribution in [0.4, 0.5) is 22.0 Å². The number of aromatic nitrogens is 2. The van der Waals surface area contributed by atoms with E-state index in [0.717, 1.165) is 12.4 Å². The Bertz CT molecular complexity index is 921. The highest BCUT2D eigenvalue weighted by Gasteiger charge is 2.55. The van der Waals surface area contributed by atoms with E-state index in [9.17, 15) is 22.0 Å². The van der Waals surface area contributed by atoms with Crippen LogP contribution < -0.4 is 0 Å². The number of hydrogen-bond donors (Lipinski definition) is 0. The predicted molar refractivity (Wildman–Crippen MR) is 97.9 cm³/mol. The van der Waals surface area contributed by atoms with Crippen LogP contribution in [0, 0.1) is 5.82 Å². The molecule has 1 fully saturated rings. The average Bonchev–Trinajstić information content (AvgIpc) is 3.08. The second-order valence-corrected chi connectivity index (χ2v) is 7.87. The van der Waals surface area contributed by atoms with E-state index in [2.05, 4.69) is 5.10 Å². The lowest BCUT2D eigenvalue weighted by atomic mass is 9.83. The molecule has 0 spiro atoms. The molecule has 4 nitrogen and oxygen atoms in total. The summed E-state index contributed by atoms with van der Waals surface area (Å²) in [7, 11) is -1.79. The highest BCUT2D eigenvalue weighted by molar-refractivity contribution is 6.55. The first-order valence-corrected chi connectivity index (χ1v) is 8.90. The Morgan fingerprint density at radius 1 is 1.14 bits per heavy atom. The zero-order valence-corrected chi connectivity index (χ0v) is 16.3. The van der Waals surface area contributed by atoms with Gasteiger partial charge in [0.1, 0.15) is 11.5 Å². The number of benzene rings is 1. The Morgan fingerprint density at radius 2 is 1.76 bits per heavy atom. The van der Waals surface area contributed by atoms with Gasteiger partial charge in [-0.15, -0.1) is 0 Å². The van der Waals surface area contributed by atoms with Gasteiger partial charge in [-0.1, -0.05) is 12.1 Å². The summed E-state index contributed by atoms with van der Waals surface area (Å²) < 4.78 is 81.3. The second kappa shape index (κ2) is 7.25. The minimum absolute atomic E-state index is 0.0288. The van der Waals surface area contributed by atoms with Crippen LogP contribution in [0.25, 0.3) is 5.57 Å². The maximum absolute atomic E-state index is 15.0. The van der Waals surface area contributed by atoms with E-state index in [4.69, 9.17) is 9.31 Å². The fraction of sp³-hybridized carbons (Fsp3) is 0.421. The highest BCUT2D eigenvalue weighted by Crippen LogP contribution is 2.43. The largest absolute Gasteiger partial charge is 0.525 e. The number of alkyl halides is 3. The summed E-state index contributed by atoms with van der Waals surface area (Å²) in [5.41, 5.74) is -5.03. The summed E-state index contributed by atoms with van der Waals surface area (Å²) in [6, 6.07) is 5.58. The Hall–Kier alpha value is -2.20. The van der Waals surface area contributed by atoms with Crippen LogP contribution in [0.1, 0.15) is 38.8 Å². The lowest BCUT2D eigenvalue weighted by Gasteiger charge is -2.32. The molecule has 0 radical (unpaired) electrons. The molecule has 10 heteroatoms. The van der Waals surface area contributed by atoms with Crippen LogP contribution in [0.3, 0.4) is 0 Å². The van der Waals surface area contributed by atoms with E-state index in [0.29, 0.717) is 5.56 Å². The van der Waals surface area contributed by atoms with Crippen LogP contribution in [0.15, 0.2) is 42.4 Å². The SMILES string of the molecule is CC1(C)OB(C(F)=C(c2cnn(Cc3cccc(F)c3)c2)C(F)(F)F)OC1(C)C. The molecule has 0 atom stereocenters. The zero-order chi connectivity index (χ0) is 21.6. The summed E-state index contributed by atoms with van der Waals surface area (Å²) >= 11 is 0. The molecule has 0 N–H and O–H groups in total. The second-order valence-electron chi connectivity index (χ2n) is 7.87. The van der Waals surface area contributed by atoms with Gasteiger partial charge in [-0.25, -0.2) is 8.78 Å². The van der Waals surface area contributed by atoms with Crippen molar-refractivity contribution in [1.29, 1.82) is 0 Å². The monoisotopic (exact) mass is 414 g/mol. The maximum Gasteiger partial charge on any atom is 0.525 e. The molecule has 156 valence electrons. The van der Waals surface area contributed by atoms with E-state index in [1.54, 1.807) is 33.8 Å². The molecule has 1 aliphatic heterocycles. The molecule has 0 aliphatic carbocycles. The molecule has 29 heavy (non-hydrogen) atoms. The van der Waals surface area contributed by atoms with Crippen molar-refractivity contribution >= 4 is 12.7 Å². The maximum atomic E-state index is 15.0. The van der Waals surface area contributed by atoms with Crippen molar-refractivity contribution in [2.45, 2.75) is 51.6 Å². The fourth-order valence-electron chi connectivity index (χ4n) is 2.90. The Labute approximate surface area is 165 Å². The first kappa shape index (κ1) is 21.5. The van der Waals surface area contributed by atoms with E-state index < -0.39 is 47.2 Å². The third-order valence-electron chi connectivity index (χ3n) is 5.14. The third-order valence-corrected chi connectivity index (χ3v) is 5.14. The summed E-state index contributed by atoms with van der Waals surface area (Å²) in [6.07, 6.45) is -3.04. The molecule has 2 heterocycles. The zero-order valence-electron chi connectivity index (χ0n) is 16.3. The van der Waals surface area contributed by atoms with Gasteiger partial charge >= 0.3 is 13.3 Å². The van der Waals surface area contributed by atoms with Crippen molar-refractivity contribution in [2.24, 2.45) is 0 Å². The number of hydrogen-bond acceptors (Lipinski definition) is 3. The van der Waals surface area contributed by atoms with Crippen LogP contribution in [-0.2, 0) is 15.9 Å². The molecule has 1 aromatic heterocycles. The molecular formula is C19H20BF5N2O2. The first-order valence-electron chi connectivity index (χ1n) is 8.90. The molecule has 1 aliphatic rings. The van der Waals surface area contributed by atoms with Gasteiger partial charge in [0.05, 0.1) is 29.5 Å². The highest BCUT2D eigenvalue weighted by atomic mass is 19.4. The Morgan fingerprint density at radius 3 is 2.31 bits per heavy atom. The minimum atomic E-state index is -5.00. The molecule has 0 amide bonds. The smallest absolute Gasteiger partial charge is 0.398 e. The van der Waals surface area contributed by atoms with Crippen molar-refractivity contribution in [2.75, 3.05) is 0 Å². The van der Waals surface area contributed by atoms with Crippen LogP contribution >= 0.6 is 0 Å². The molecular weight excluding hydrogens is 394 g/mol. The average molecular weight is 414 g/mol. The first-order chi connectivity index (χ1) is 13.3.